The van der Waals surface area contributed by atoms with Crippen molar-refractivity contribution in [3.63, 3.8) is 0 Å². The van der Waals surface area contributed by atoms with Crippen LogP contribution in [-0.2, 0) is 6.42 Å². The van der Waals surface area contributed by atoms with E-state index >= 15 is 0 Å². The first kappa shape index (κ1) is 13.1. The largest absolute Gasteiger partial charge is 0.370 e. The molecule has 94 valence electrons. The van der Waals surface area contributed by atoms with Crippen LogP contribution in [-0.4, -0.2) is 11.5 Å². The van der Waals surface area contributed by atoms with Crippen LogP contribution in [0.25, 0.3) is 0 Å². The van der Waals surface area contributed by atoms with E-state index < -0.39 is 0 Å². The predicted octanol–water partition coefficient (Wildman–Crippen LogP) is 4.20. The number of benzene rings is 1. The fourth-order valence-electron chi connectivity index (χ4n) is 1.87. The van der Waals surface area contributed by atoms with Crippen molar-refractivity contribution in [2.24, 2.45) is 0 Å². The molecule has 3 heteroatoms. The first-order valence-corrected chi connectivity index (χ1v) is 6.95. The highest BCUT2D eigenvalue weighted by Gasteiger charge is 1.99. The van der Waals surface area contributed by atoms with E-state index in [-0.39, 0.29) is 0 Å². The van der Waals surface area contributed by atoms with Gasteiger partial charge in [-0.3, -0.25) is 0 Å². The second kappa shape index (κ2) is 6.55. The Balaban J connectivity index is 1.79. The van der Waals surface area contributed by atoms with Crippen molar-refractivity contribution in [2.45, 2.75) is 19.8 Å². The normalized spacial score (nSPS) is 10.3. The summed E-state index contributed by atoms with van der Waals surface area (Å²) < 4.78 is 1.02. The van der Waals surface area contributed by atoms with E-state index in [0.29, 0.717) is 0 Å². The van der Waals surface area contributed by atoms with Crippen molar-refractivity contribution >= 4 is 21.7 Å². The quantitative estimate of drug-likeness (QED) is 0.838. The highest BCUT2D eigenvalue weighted by molar-refractivity contribution is 9.10. The van der Waals surface area contributed by atoms with Crippen LogP contribution in [0.15, 0.2) is 47.1 Å². The summed E-state index contributed by atoms with van der Waals surface area (Å²) in [6, 6.07) is 12.6. The van der Waals surface area contributed by atoms with Crippen LogP contribution < -0.4 is 5.32 Å². The van der Waals surface area contributed by atoms with Gasteiger partial charge in [-0.1, -0.05) is 30.3 Å². The first-order valence-electron chi connectivity index (χ1n) is 6.15. The second-order valence-corrected chi connectivity index (χ2v) is 5.25. The molecule has 1 heterocycles. The molecule has 0 unspecified atom stereocenters. The van der Waals surface area contributed by atoms with Gasteiger partial charge in [0.1, 0.15) is 5.82 Å². The fourth-order valence-corrected chi connectivity index (χ4v) is 2.32. The summed E-state index contributed by atoms with van der Waals surface area (Å²) in [6.07, 6.45) is 4.04. The number of anilines is 1. The smallest absolute Gasteiger partial charge is 0.128 e. The van der Waals surface area contributed by atoms with Crippen molar-refractivity contribution in [1.82, 2.24) is 4.98 Å². The van der Waals surface area contributed by atoms with Gasteiger partial charge in [-0.15, -0.1) is 0 Å². The third-order valence-corrected chi connectivity index (χ3v) is 3.26. The zero-order valence-electron chi connectivity index (χ0n) is 10.5. The van der Waals surface area contributed by atoms with E-state index in [1.54, 1.807) is 0 Å². The minimum Gasteiger partial charge on any atom is -0.370 e. The minimum absolute atomic E-state index is 0.949. The van der Waals surface area contributed by atoms with Crippen molar-refractivity contribution in [3.8, 4) is 0 Å². The molecule has 18 heavy (non-hydrogen) atoms. The van der Waals surface area contributed by atoms with Crippen LogP contribution in [0.2, 0.25) is 0 Å². The number of halogens is 1. The third-order valence-electron chi connectivity index (χ3n) is 2.82. The van der Waals surface area contributed by atoms with E-state index in [9.17, 15) is 0 Å². The van der Waals surface area contributed by atoms with Gasteiger partial charge in [-0.25, -0.2) is 4.98 Å². The van der Waals surface area contributed by atoms with E-state index in [1.165, 1.54) is 11.1 Å². The molecule has 0 bridgehead atoms. The Kier molecular flexibility index (Phi) is 4.76. The molecule has 2 nitrogen and oxygen atoms in total. The molecule has 0 aliphatic carbocycles. The number of aromatic nitrogens is 1. The molecular weight excluding hydrogens is 288 g/mol. The number of hydrogen-bond donors (Lipinski definition) is 1. The molecular formula is C15H17BrN2. The van der Waals surface area contributed by atoms with Gasteiger partial charge >= 0.3 is 0 Å². The lowest BCUT2D eigenvalue weighted by Crippen LogP contribution is -2.06. The van der Waals surface area contributed by atoms with Crippen molar-refractivity contribution in [2.75, 3.05) is 11.9 Å². The molecule has 2 rings (SSSR count). The van der Waals surface area contributed by atoms with E-state index in [2.05, 4.69) is 69.6 Å². The zero-order valence-corrected chi connectivity index (χ0v) is 12.1. The summed E-state index contributed by atoms with van der Waals surface area (Å²) in [5.74, 6) is 0.978. The van der Waals surface area contributed by atoms with Gasteiger partial charge in [-0.2, -0.15) is 0 Å². The SMILES string of the molecule is Cc1cc(Br)cnc1NCCCc1ccccc1. The number of pyridine rings is 1. The molecule has 1 aromatic carbocycles. The van der Waals surface area contributed by atoms with Crippen LogP contribution in [0.5, 0.6) is 0 Å². The van der Waals surface area contributed by atoms with E-state index in [1.807, 2.05) is 6.20 Å². The van der Waals surface area contributed by atoms with Gasteiger partial charge in [0.05, 0.1) is 0 Å². The summed E-state index contributed by atoms with van der Waals surface area (Å²) in [6.45, 7) is 3.02. The highest BCUT2D eigenvalue weighted by atomic mass is 79.9. The highest BCUT2D eigenvalue weighted by Crippen LogP contribution is 2.16. The molecule has 0 aliphatic rings. The molecule has 0 radical (unpaired) electrons. The number of hydrogen-bond acceptors (Lipinski definition) is 2. The van der Waals surface area contributed by atoms with Crippen molar-refractivity contribution in [1.29, 1.82) is 0 Å². The molecule has 0 saturated heterocycles. The van der Waals surface area contributed by atoms with Gasteiger partial charge in [0.2, 0.25) is 0 Å². The Morgan fingerprint density at radius 2 is 2.00 bits per heavy atom. The van der Waals surface area contributed by atoms with Gasteiger partial charge in [0.25, 0.3) is 0 Å². The maximum atomic E-state index is 4.36. The van der Waals surface area contributed by atoms with E-state index in [4.69, 9.17) is 0 Å². The Morgan fingerprint density at radius 3 is 2.72 bits per heavy atom. The number of aryl methyl sites for hydroxylation is 2. The summed E-state index contributed by atoms with van der Waals surface area (Å²) in [7, 11) is 0. The van der Waals surface area contributed by atoms with Gasteiger partial charge in [0, 0.05) is 17.2 Å². The molecule has 1 aromatic heterocycles. The summed E-state index contributed by atoms with van der Waals surface area (Å²) in [4.78, 5) is 4.36. The minimum atomic E-state index is 0.949. The molecule has 0 atom stereocenters. The van der Waals surface area contributed by atoms with Crippen LogP contribution >= 0.6 is 15.9 Å². The molecule has 0 spiro atoms. The molecule has 1 N–H and O–H groups in total. The third kappa shape index (κ3) is 3.84. The number of rotatable bonds is 5. The molecule has 2 aromatic rings. The van der Waals surface area contributed by atoms with E-state index in [0.717, 1.165) is 29.7 Å². The lowest BCUT2D eigenvalue weighted by atomic mass is 10.1. The first-order chi connectivity index (χ1) is 8.75. The lowest BCUT2D eigenvalue weighted by Gasteiger charge is -2.08. The molecule has 0 amide bonds. The molecule has 0 fully saturated rings. The second-order valence-electron chi connectivity index (χ2n) is 4.33. The molecule has 0 saturated carbocycles. The Bertz CT molecular complexity index is 497. The van der Waals surface area contributed by atoms with Crippen LogP contribution in [0.3, 0.4) is 0 Å². The summed E-state index contributed by atoms with van der Waals surface area (Å²) in [5, 5.41) is 3.38. The monoisotopic (exact) mass is 304 g/mol. The van der Waals surface area contributed by atoms with Crippen LogP contribution in [0, 0.1) is 6.92 Å². The Morgan fingerprint density at radius 1 is 1.22 bits per heavy atom. The summed E-state index contributed by atoms with van der Waals surface area (Å²) in [5.41, 5.74) is 2.56. The zero-order chi connectivity index (χ0) is 12.8. The van der Waals surface area contributed by atoms with Crippen LogP contribution in [0.4, 0.5) is 5.82 Å². The van der Waals surface area contributed by atoms with Crippen LogP contribution in [0.1, 0.15) is 17.5 Å². The lowest BCUT2D eigenvalue weighted by molar-refractivity contribution is 0.857. The summed E-state index contributed by atoms with van der Waals surface area (Å²) >= 11 is 3.42. The van der Waals surface area contributed by atoms with Crippen molar-refractivity contribution in [3.05, 3.63) is 58.2 Å². The Hall–Kier alpha value is -1.35. The fraction of sp³-hybridized carbons (Fsp3) is 0.267. The average Bonchev–Trinajstić information content (AvgIpc) is 2.38. The van der Waals surface area contributed by atoms with Gasteiger partial charge < -0.3 is 5.32 Å². The topological polar surface area (TPSA) is 24.9 Å². The molecule has 0 aliphatic heterocycles. The number of nitrogens with zero attached hydrogens (tertiary/aromatic N) is 1. The average molecular weight is 305 g/mol. The maximum Gasteiger partial charge on any atom is 0.128 e. The predicted molar refractivity (Wildman–Crippen MR) is 79.9 cm³/mol. The van der Waals surface area contributed by atoms with Gasteiger partial charge in [0.15, 0.2) is 0 Å². The standard InChI is InChI=1S/C15H17BrN2/c1-12-10-14(16)11-18-15(12)17-9-5-8-13-6-3-2-4-7-13/h2-4,6-7,10-11H,5,8-9H2,1H3,(H,17,18). The maximum absolute atomic E-state index is 4.36. The van der Waals surface area contributed by atoms with Crippen molar-refractivity contribution < 1.29 is 0 Å². The number of nitrogens with one attached hydrogen (secondary N) is 1. The Labute approximate surface area is 117 Å². The van der Waals surface area contributed by atoms with Gasteiger partial charge in [-0.05, 0) is 52.9 Å².